The van der Waals surface area contributed by atoms with E-state index in [1.807, 2.05) is 36.1 Å². The van der Waals surface area contributed by atoms with Gasteiger partial charge in [0.1, 0.15) is 17.3 Å². The van der Waals surface area contributed by atoms with Gasteiger partial charge in [0, 0.05) is 67.2 Å². The Morgan fingerprint density at radius 1 is 1.18 bits per heavy atom. The number of aromatic amines is 1. The number of likely N-dealkylation sites (tertiary alicyclic amines) is 1. The fraction of sp³-hybridized carbons (Fsp3) is 0.333. The van der Waals surface area contributed by atoms with Crippen LogP contribution in [0.2, 0.25) is 0 Å². The van der Waals surface area contributed by atoms with E-state index in [2.05, 4.69) is 20.5 Å². The number of pyridine rings is 1. The number of nitrogens with zero attached hydrogens (tertiary/aromatic N) is 4. The first-order chi connectivity index (χ1) is 19.2. The maximum absolute atomic E-state index is 14.8. The number of methoxy groups -OCH3 is 1. The van der Waals surface area contributed by atoms with Crippen molar-refractivity contribution in [2.24, 2.45) is 0 Å². The number of rotatable bonds is 7. The van der Waals surface area contributed by atoms with Gasteiger partial charge in [0.25, 0.3) is 5.91 Å². The Balaban J connectivity index is 1.37. The molecule has 10 heteroatoms. The molecule has 0 bridgehead atoms. The standard InChI is InChI=1S/C30H33FN6O3/c1-18-14-19(12-13-32-18)28-22-15-20(8-10-25(22)34-35-28)29(38)33-21-9-11-26(30(39)36(2)3)37(16-21)17-23-24(31)6-5-7-27(23)40-4/h5-8,10,12-15,21,26H,9,11,16-17H2,1-4H3,(H,33,38)(H,34,35)/t21-,26+/m1/s1. The van der Waals surface area contributed by atoms with E-state index in [9.17, 15) is 14.0 Å². The molecule has 3 heterocycles. The number of ether oxygens (including phenoxy) is 1. The van der Waals surface area contributed by atoms with Gasteiger partial charge < -0.3 is 15.0 Å². The van der Waals surface area contributed by atoms with Crippen molar-refractivity contribution in [3.05, 3.63) is 77.4 Å². The molecule has 2 amide bonds. The van der Waals surface area contributed by atoms with E-state index in [1.54, 1.807) is 43.4 Å². The topological polar surface area (TPSA) is 103 Å². The Morgan fingerprint density at radius 3 is 2.75 bits per heavy atom. The first-order valence-corrected chi connectivity index (χ1v) is 13.2. The minimum Gasteiger partial charge on any atom is -0.496 e. The van der Waals surface area contributed by atoms with E-state index in [4.69, 9.17) is 4.74 Å². The van der Waals surface area contributed by atoms with Crippen LogP contribution in [0.1, 0.15) is 34.5 Å². The van der Waals surface area contributed by atoms with Crippen LogP contribution >= 0.6 is 0 Å². The van der Waals surface area contributed by atoms with Gasteiger partial charge in [-0.05, 0) is 62.2 Å². The van der Waals surface area contributed by atoms with Crippen molar-refractivity contribution in [3.63, 3.8) is 0 Å². The van der Waals surface area contributed by atoms with Crippen molar-refractivity contribution in [2.75, 3.05) is 27.7 Å². The number of fused-ring (bicyclic) bond motifs is 1. The number of hydrogen-bond acceptors (Lipinski definition) is 6. The SMILES string of the molecule is COc1cccc(F)c1CN1C[C@H](NC(=O)c2ccc3[nH]nc(-c4ccnc(C)c4)c3c2)CC[C@H]1C(=O)N(C)C. The molecule has 0 radical (unpaired) electrons. The van der Waals surface area contributed by atoms with Crippen molar-refractivity contribution in [2.45, 2.75) is 38.4 Å². The molecule has 0 spiro atoms. The summed E-state index contributed by atoms with van der Waals surface area (Å²) in [6, 6.07) is 13.3. The van der Waals surface area contributed by atoms with Gasteiger partial charge in [-0.1, -0.05) is 6.07 Å². The average molecular weight is 545 g/mol. The summed E-state index contributed by atoms with van der Waals surface area (Å²) in [6.45, 7) is 2.49. The van der Waals surface area contributed by atoms with E-state index in [-0.39, 0.29) is 24.4 Å². The molecule has 0 saturated carbocycles. The molecule has 2 N–H and O–H groups in total. The molecule has 40 heavy (non-hydrogen) atoms. The molecule has 1 aliphatic heterocycles. The zero-order chi connectivity index (χ0) is 28.4. The number of nitrogens with one attached hydrogen (secondary N) is 2. The Bertz CT molecular complexity index is 1550. The lowest BCUT2D eigenvalue weighted by Gasteiger charge is -2.40. The Kier molecular flexibility index (Phi) is 7.79. The maximum Gasteiger partial charge on any atom is 0.251 e. The number of carbonyl (C=O) groups excluding carboxylic acids is 2. The summed E-state index contributed by atoms with van der Waals surface area (Å²) >= 11 is 0. The van der Waals surface area contributed by atoms with Crippen LogP contribution in [0.3, 0.4) is 0 Å². The predicted octanol–water partition coefficient (Wildman–Crippen LogP) is 3.93. The number of halogens is 1. The predicted molar refractivity (Wildman–Crippen MR) is 150 cm³/mol. The Morgan fingerprint density at radius 2 is 2.00 bits per heavy atom. The number of hydrogen-bond donors (Lipinski definition) is 2. The second kappa shape index (κ2) is 11.4. The lowest BCUT2D eigenvalue weighted by molar-refractivity contribution is -0.136. The average Bonchev–Trinajstić information content (AvgIpc) is 3.37. The van der Waals surface area contributed by atoms with Crippen molar-refractivity contribution in [1.82, 2.24) is 30.3 Å². The molecular weight excluding hydrogens is 511 g/mol. The molecule has 2 atom stereocenters. The summed E-state index contributed by atoms with van der Waals surface area (Å²) in [6.07, 6.45) is 2.89. The van der Waals surface area contributed by atoms with Gasteiger partial charge >= 0.3 is 0 Å². The molecule has 4 aromatic rings. The second-order valence-electron chi connectivity index (χ2n) is 10.4. The van der Waals surface area contributed by atoms with E-state index < -0.39 is 11.9 Å². The van der Waals surface area contributed by atoms with Gasteiger partial charge in [-0.25, -0.2) is 4.39 Å². The zero-order valence-corrected chi connectivity index (χ0v) is 23.1. The highest BCUT2D eigenvalue weighted by atomic mass is 19.1. The normalized spacial score (nSPS) is 17.5. The third-order valence-corrected chi connectivity index (χ3v) is 7.40. The summed E-state index contributed by atoms with van der Waals surface area (Å²) in [5.41, 5.74) is 4.27. The number of H-pyrrole nitrogens is 1. The lowest BCUT2D eigenvalue weighted by Crippen LogP contribution is -2.56. The van der Waals surface area contributed by atoms with Crippen LogP contribution in [-0.2, 0) is 11.3 Å². The van der Waals surface area contributed by atoms with E-state index in [1.165, 1.54) is 13.2 Å². The number of aromatic nitrogens is 3. The summed E-state index contributed by atoms with van der Waals surface area (Å²) in [5.74, 6) is -0.235. The molecule has 1 aliphatic rings. The van der Waals surface area contributed by atoms with Gasteiger partial charge in [0.15, 0.2) is 0 Å². The van der Waals surface area contributed by atoms with Gasteiger partial charge in [-0.15, -0.1) is 0 Å². The monoisotopic (exact) mass is 544 g/mol. The fourth-order valence-electron chi connectivity index (χ4n) is 5.34. The number of piperidine rings is 1. The highest BCUT2D eigenvalue weighted by Gasteiger charge is 2.35. The van der Waals surface area contributed by atoms with Gasteiger partial charge in [-0.2, -0.15) is 5.10 Å². The van der Waals surface area contributed by atoms with E-state index in [0.717, 1.165) is 27.9 Å². The van der Waals surface area contributed by atoms with Crippen LogP contribution in [0, 0.1) is 12.7 Å². The molecule has 2 aromatic carbocycles. The number of amides is 2. The molecular formula is C30H33FN6O3. The smallest absolute Gasteiger partial charge is 0.251 e. The molecule has 2 aromatic heterocycles. The van der Waals surface area contributed by atoms with Crippen LogP contribution < -0.4 is 10.1 Å². The summed E-state index contributed by atoms with van der Waals surface area (Å²) in [5, 5.41) is 11.5. The highest BCUT2D eigenvalue weighted by molar-refractivity contribution is 6.01. The Labute approximate surface area is 232 Å². The van der Waals surface area contributed by atoms with Gasteiger partial charge in [0.2, 0.25) is 5.91 Å². The van der Waals surface area contributed by atoms with E-state index >= 15 is 0 Å². The first-order valence-electron chi connectivity index (χ1n) is 13.2. The van der Waals surface area contributed by atoms with E-state index in [0.29, 0.717) is 36.3 Å². The third kappa shape index (κ3) is 5.53. The molecule has 1 fully saturated rings. The quantitative estimate of drug-likeness (QED) is 0.366. The summed E-state index contributed by atoms with van der Waals surface area (Å²) in [7, 11) is 4.93. The van der Waals surface area contributed by atoms with Crippen LogP contribution in [-0.4, -0.2) is 76.6 Å². The summed E-state index contributed by atoms with van der Waals surface area (Å²) < 4.78 is 20.2. The third-order valence-electron chi connectivity index (χ3n) is 7.40. The minimum absolute atomic E-state index is 0.0515. The molecule has 208 valence electrons. The number of carbonyl (C=O) groups is 2. The molecule has 0 aliphatic carbocycles. The minimum atomic E-state index is -0.430. The van der Waals surface area contributed by atoms with Crippen molar-refractivity contribution >= 4 is 22.7 Å². The van der Waals surface area contributed by atoms with Gasteiger partial charge in [-0.3, -0.25) is 24.6 Å². The van der Waals surface area contributed by atoms with Crippen molar-refractivity contribution in [1.29, 1.82) is 0 Å². The van der Waals surface area contributed by atoms with Gasteiger partial charge in [0.05, 0.1) is 18.7 Å². The van der Waals surface area contributed by atoms with Crippen molar-refractivity contribution in [3.8, 4) is 17.0 Å². The number of likely N-dealkylation sites (N-methyl/N-ethyl adjacent to an activating group) is 1. The number of benzene rings is 2. The van der Waals surface area contributed by atoms with Crippen molar-refractivity contribution < 1.29 is 18.7 Å². The highest BCUT2D eigenvalue weighted by Crippen LogP contribution is 2.29. The van der Waals surface area contributed by atoms with Crippen LogP contribution in [0.25, 0.3) is 22.2 Å². The maximum atomic E-state index is 14.8. The van der Waals surface area contributed by atoms with Crippen LogP contribution in [0.5, 0.6) is 5.75 Å². The molecule has 9 nitrogen and oxygen atoms in total. The molecule has 1 saturated heterocycles. The van der Waals surface area contributed by atoms with Crippen LogP contribution in [0.4, 0.5) is 4.39 Å². The fourth-order valence-corrected chi connectivity index (χ4v) is 5.34. The Hall–Kier alpha value is -4.31. The van der Waals surface area contributed by atoms with Crippen LogP contribution in [0.15, 0.2) is 54.7 Å². The second-order valence-corrected chi connectivity index (χ2v) is 10.4. The largest absolute Gasteiger partial charge is 0.496 e. The first kappa shape index (κ1) is 27.3. The lowest BCUT2D eigenvalue weighted by atomic mass is 9.95. The zero-order valence-electron chi connectivity index (χ0n) is 23.1. The number of aryl methyl sites for hydroxylation is 1. The summed E-state index contributed by atoms with van der Waals surface area (Å²) in [4.78, 5) is 34.2. The molecule has 5 rings (SSSR count). The molecule has 0 unspecified atom stereocenters.